The average molecular weight is 408 g/mol. The van der Waals surface area contributed by atoms with Crippen molar-refractivity contribution in [1.82, 2.24) is 0 Å². The second-order valence-electron chi connectivity index (χ2n) is 6.34. The van der Waals surface area contributed by atoms with Crippen molar-refractivity contribution in [3.05, 3.63) is 65.7 Å². The molecule has 0 fully saturated rings. The van der Waals surface area contributed by atoms with Crippen LogP contribution in [0, 0.1) is 0 Å². The zero-order valence-corrected chi connectivity index (χ0v) is 17.1. The lowest BCUT2D eigenvalue weighted by molar-refractivity contribution is -0.143. The van der Waals surface area contributed by atoms with Gasteiger partial charge in [0.15, 0.2) is 0 Å². The van der Waals surface area contributed by atoms with Gasteiger partial charge in [0, 0.05) is 43.4 Å². The van der Waals surface area contributed by atoms with Gasteiger partial charge in [0.1, 0.15) is 0 Å². The molecule has 0 aliphatic heterocycles. The lowest BCUT2D eigenvalue weighted by Crippen LogP contribution is -2.27. The van der Waals surface area contributed by atoms with Crippen LogP contribution in [0.15, 0.2) is 54.6 Å². The summed E-state index contributed by atoms with van der Waals surface area (Å²) in [6, 6.07) is 18.4. The normalized spacial score (nSPS) is 10.6. The van der Waals surface area contributed by atoms with Gasteiger partial charge in [0.05, 0.1) is 6.61 Å². The summed E-state index contributed by atoms with van der Waals surface area (Å²) in [4.78, 5) is 14.0. The Labute approximate surface area is 172 Å². The molecule has 0 N–H and O–H groups in total. The molecule has 2 aromatic rings. The van der Waals surface area contributed by atoms with Gasteiger partial charge in [-0.05, 0) is 36.1 Å². The Kier molecular flexibility index (Phi) is 10.1. The van der Waals surface area contributed by atoms with E-state index in [2.05, 4.69) is 29.2 Å². The number of carbonyl (C=O) groups excluding carboxylic acids is 1. The Morgan fingerprint density at radius 1 is 0.852 bits per heavy atom. The van der Waals surface area contributed by atoms with E-state index < -0.39 is 0 Å². The summed E-state index contributed by atoms with van der Waals surface area (Å²) in [6.07, 6.45) is 2.85. The molecule has 0 spiro atoms. The van der Waals surface area contributed by atoms with Gasteiger partial charge >= 0.3 is 5.97 Å². The average Bonchev–Trinajstić information content (AvgIpc) is 2.69. The number of esters is 1. The number of hydrogen-bond acceptors (Lipinski definition) is 3. The maximum absolute atomic E-state index is 11.9. The number of carbonyl (C=O) groups is 1. The Morgan fingerprint density at radius 2 is 1.48 bits per heavy atom. The van der Waals surface area contributed by atoms with Crippen LogP contribution in [0.2, 0.25) is 0 Å². The van der Waals surface area contributed by atoms with E-state index >= 15 is 0 Å². The molecule has 0 radical (unpaired) electrons. The molecular weight excluding hydrogens is 381 g/mol. The summed E-state index contributed by atoms with van der Waals surface area (Å²) in [7, 11) is 0. The fourth-order valence-electron chi connectivity index (χ4n) is 2.88. The fourth-order valence-corrected chi connectivity index (χ4v) is 3.29. The second-order valence-corrected chi connectivity index (χ2v) is 7.10. The zero-order chi connectivity index (χ0) is 19.3. The van der Waals surface area contributed by atoms with Crippen LogP contribution in [0.25, 0.3) is 0 Å². The third-order valence-electron chi connectivity index (χ3n) is 4.35. The first-order valence-corrected chi connectivity index (χ1v) is 10.4. The predicted octanol–water partition coefficient (Wildman–Crippen LogP) is 5.08. The van der Waals surface area contributed by atoms with Crippen LogP contribution >= 0.6 is 23.2 Å². The number of rotatable bonds is 12. The summed E-state index contributed by atoms with van der Waals surface area (Å²) < 4.78 is 5.32. The van der Waals surface area contributed by atoms with Crippen LogP contribution in [-0.4, -0.2) is 37.4 Å². The molecule has 0 aromatic heterocycles. The first-order chi connectivity index (χ1) is 13.2. The molecule has 0 aliphatic rings. The van der Waals surface area contributed by atoms with Gasteiger partial charge in [0.25, 0.3) is 0 Å². The Hall–Kier alpha value is -1.71. The number of ether oxygens (including phenoxy) is 1. The lowest BCUT2D eigenvalue weighted by Gasteiger charge is -2.23. The van der Waals surface area contributed by atoms with Gasteiger partial charge in [-0.2, -0.15) is 0 Å². The van der Waals surface area contributed by atoms with Crippen LogP contribution in [0.3, 0.4) is 0 Å². The van der Waals surface area contributed by atoms with E-state index in [0.29, 0.717) is 24.8 Å². The summed E-state index contributed by atoms with van der Waals surface area (Å²) in [5.41, 5.74) is 3.52. The van der Waals surface area contributed by atoms with Crippen molar-refractivity contribution in [3.63, 3.8) is 0 Å². The molecule has 0 aliphatic carbocycles. The molecule has 5 heteroatoms. The van der Waals surface area contributed by atoms with Gasteiger partial charge in [-0.15, -0.1) is 23.2 Å². The van der Waals surface area contributed by atoms with E-state index in [9.17, 15) is 4.79 Å². The highest BCUT2D eigenvalue weighted by molar-refractivity contribution is 6.18. The Morgan fingerprint density at radius 3 is 2.11 bits per heavy atom. The SMILES string of the molecule is O=C(CCCc1ccc(N(CCCl)CCCl)cc1)OCCc1ccccc1. The highest BCUT2D eigenvalue weighted by Crippen LogP contribution is 2.17. The smallest absolute Gasteiger partial charge is 0.305 e. The molecule has 0 atom stereocenters. The van der Waals surface area contributed by atoms with Crippen LogP contribution in [-0.2, 0) is 22.4 Å². The first kappa shape index (κ1) is 21.6. The maximum atomic E-state index is 11.9. The van der Waals surface area contributed by atoms with E-state index in [1.807, 2.05) is 30.3 Å². The number of hydrogen-bond donors (Lipinski definition) is 0. The van der Waals surface area contributed by atoms with Crippen molar-refractivity contribution < 1.29 is 9.53 Å². The molecule has 0 amide bonds. The molecule has 0 bridgehead atoms. The minimum absolute atomic E-state index is 0.127. The topological polar surface area (TPSA) is 29.5 Å². The molecule has 0 heterocycles. The van der Waals surface area contributed by atoms with Gasteiger partial charge in [0.2, 0.25) is 0 Å². The quantitative estimate of drug-likeness (QED) is 0.362. The van der Waals surface area contributed by atoms with Crippen molar-refractivity contribution in [2.45, 2.75) is 25.7 Å². The van der Waals surface area contributed by atoms with Crippen LogP contribution < -0.4 is 4.90 Å². The highest BCUT2D eigenvalue weighted by atomic mass is 35.5. The second kappa shape index (κ2) is 12.6. The number of aryl methyl sites for hydroxylation is 1. The van der Waals surface area contributed by atoms with Crippen LogP contribution in [0.1, 0.15) is 24.0 Å². The third-order valence-corrected chi connectivity index (χ3v) is 4.69. The molecule has 2 aromatic carbocycles. The van der Waals surface area contributed by atoms with Crippen molar-refractivity contribution >= 4 is 34.9 Å². The summed E-state index contributed by atoms with van der Waals surface area (Å²) >= 11 is 11.7. The first-order valence-electron chi connectivity index (χ1n) is 9.38. The monoisotopic (exact) mass is 407 g/mol. The molecule has 0 saturated heterocycles. The van der Waals surface area contributed by atoms with Crippen molar-refractivity contribution in [1.29, 1.82) is 0 Å². The predicted molar refractivity (Wildman–Crippen MR) is 114 cm³/mol. The number of nitrogens with zero attached hydrogens (tertiary/aromatic N) is 1. The van der Waals surface area contributed by atoms with Crippen LogP contribution in [0.4, 0.5) is 5.69 Å². The molecule has 146 valence electrons. The summed E-state index contributed by atoms with van der Waals surface area (Å²) in [6.45, 7) is 2.00. The summed E-state index contributed by atoms with van der Waals surface area (Å²) in [5.74, 6) is 1.02. The van der Waals surface area contributed by atoms with Gasteiger partial charge in [-0.1, -0.05) is 42.5 Å². The van der Waals surface area contributed by atoms with Crippen molar-refractivity contribution in [3.8, 4) is 0 Å². The van der Waals surface area contributed by atoms with Gasteiger partial charge < -0.3 is 9.64 Å². The molecule has 0 saturated carbocycles. The number of benzene rings is 2. The van der Waals surface area contributed by atoms with E-state index in [-0.39, 0.29) is 5.97 Å². The fraction of sp³-hybridized carbons (Fsp3) is 0.409. The number of anilines is 1. The van der Waals surface area contributed by atoms with E-state index in [1.165, 1.54) is 11.1 Å². The standard InChI is InChI=1S/C22H27Cl2NO2/c23-14-16-25(17-15-24)21-11-9-20(10-12-21)7-4-8-22(26)27-18-13-19-5-2-1-3-6-19/h1-3,5-6,9-12H,4,7-8,13-18H2. The maximum Gasteiger partial charge on any atom is 0.305 e. The molecule has 27 heavy (non-hydrogen) atoms. The number of halogens is 2. The van der Waals surface area contributed by atoms with Crippen molar-refractivity contribution in [2.75, 3.05) is 36.4 Å². The van der Waals surface area contributed by atoms with Crippen molar-refractivity contribution in [2.24, 2.45) is 0 Å². The zero-order valence-electron chi connectivity index (χ0n) is 15.6. The van der Waals surface area contributed by atoms with Gasteiger partial charge in [-0.3, -0.25) is 4.79 Å². The third kappa shape index (κ3) is 8.23. The van der Waals surface area contributed by atoms with E-state index in [4.69, 9.17) is 27.9 Å². The Bertz CT molecular complexity index is 656. The van der Waals surface area contributed by atoms with Gasteiger partial charge in [-0.25, -0.2) is 0 Å². The molecule has 2 rings (SSSR count). The minimum Gasteiger partial charge on any atom is -0.465 e. The van der Waals surface area contributed by atoms with E-state index in [0.717, 1.165) is 38.0 Å². The largest absolute Gasteiger partial charge is 0.465 e. The highest BCUT2D eigenvalue weighted by Gasteiger charge is 2.06. The Balaban J connectivity index is 1.67. The molecular formula is C22H27Cl2NO2. The van der Waals surface area contributed by atoms with Crippen LogP contribution in [0.5, 0.6) is 0 Å². The molecule has 3 nitrogen and oxygen atoms in total. The molecule has 0 unspecified atom stereocenters. The van der Waals surface area contributed by atoms with E-state index in [1.54, 1.807) is 0 Å². The lowest BCUT2D eigenvalue weighted by atomic mass is 10.1. The summed E-state index contributed by atoms with van der Waals surface area (Å²) in [5, 5.41) is 0. The number of alkyl halides is 2. The minimum atomic E-state index is -0.127.